The highest BCUT2D eigenvalue weighted by Gasteiger charge is 2.33. The standard InChI is InChI=1S/C28H32N2O3/c1-17-9-8-10-18(2)26(17)30-24(31)16-33-27(32)25-20-11-6-7-12-22(20)29-23-14-13-19(15-21(23)25)28(3,4)5/h6-12,19H,13-16H2,1-5H3,(H,30,31). The van der Waals surface area contributed by atoms with Crippen LogP contribution < -0.4 is 5.32 Å². The number of hydrogen-bond donors (Lipinski definition) is 1. The third-order valence-electron chi connectivity index (χ3n) is 6.77. The highest BCUT2D eigenvalue weighted by molar-refractivity contribution is 6.06. The summed E-state index contributed by atoms with van der Waals surface area (Å²) in [4.78, 5) is 30.8. The molecule has 2 aromatic carbocycles. The van der Waals surface area contributed by atoms with Gasteiger partial charge < -0.3 is 10.1 Å². The van der Waals surface area contributed by atoms with Crippen molar-refractivity contribution in [2.24, 2.45) is 11.3 Å². The molecule has 0 saturated carbocycles. The van der Waals surface area contributed by atoms with E-state index in [1.54, 1.807) is 0 Å². The fourth-order valence-electron chi connectivity index (χ4n) is 4.75. The van der Waals surface area contributed by atoms with E-state index in [9.17, 15) is 9.59 Å². The molecule has 1 aliphatic rings. The average Bonchev–Trinajstić information content (AvgIpc) is 2.77. The number of benzene rings is 2. The van der Waals surface area contributed by atoms with Crippen LogP contribution in [0.3, 0.4) is 0 Å². The minimum Gasteiger partial charge on any atom is -0.452 e. The van der Waals surface area contributed by atoms with Gasteiger partial charge in [0.05, 0.1) is 11.1 Å². The number of hydrogen-bond acceptors (Lipinski definition) is 4. The average molecular weight is 445 g/mol. The van der Waals surface area contributed by atoms with Crippen molar-refractivity contribution in [3.63, 3.8) is 0 Å². The normalized spacial score (nSPS) is 15.7. The molecule has 1 unspecified atom stereocenters. The van der Waals surface area contributed by atoms with E-state index < -0.39 is 5.97 Å². The number of rotatable bonds is 4. The van der Waals surface area contributed by atoms with Crippen molar-refractivity contribution in [1.82, 2.24) is 4.98 Å². The number of aromatic nitrogens is 1. The molecule has 0 bridgehead atoms. The maximum atomic E-state index is 13.3. The molecule has 1 aromatic heterocycles. The van der Waals surface area contributed by atoms with Gasteiger partial charge >= 0.3 is 5.97 Å². The lowest BCUT2D eigenvalue weighted by molar-refractivity contribution is -0.119. The first-order valence-electron chi connectivity index (χ1n) is 11.6. The summed E-state index contributed by atoms with van der Waals surface area (Å²) in [7, 11) is 0. The van der Waals surface area contributed by atoms with Crippen molar-refractivity contribution in [1.29, 1.82) is 0 Å². The van der Waals surface area contributed by atoms with Gasteiger partial charge in [0.15, 0.2) is 6.61 Å². The first kappa shape index (κ1) is 23.0. The molecule has 0 radical (unpaired) electrons. The zero-order valence-corrected chi connectivity index (χ0v) is 20.1. The number of aryl methyl sites for hydroxylation is 3. The van der Waals surface area contributed by atoms with E-state index in [0.29, 0.717) is 11.5 Å². The van der Waals surface area contributed by atoms with Crippen LogP contribution in [0.15, 0.2) is 42.5 Å². The lowest BCUT2D eigenvalue weighted by atomic mass is 9.70. The molecule has 1 heterocycles. The Hall–Kier alpha value is -3.21. The zero-order valence-electron chi connectivity index (χ0n) is 20.1. The highest BCUT2D eigenvalue weighted by Crippen LogP contribution is 2.39. The molecule has 172 valence electrons. The molecule has 5 nitrogen and oxygen atoms in total. The number of carbonyl (C=O) groups is 2. The van der Waals surface area contributed by atoms with Crippen LogP contribution in [0, 0.1) is 25.2 Å². The van der Waals surface area contributed by atoms with E-state index in [-0.39, 0.29) is 17.9 Å². The molecule has 1 aliphatic carbocycles. The molecule has 3 aromatic rings. The molecule has 0 aliphatic heterocycles. The third-order valence-corrected chi connectivity index (χ3v) is 6.77. The first-order valence-corrected chi connectivity index (χ1v) is 11.6. The minimum atomic E-state index is -0.462. The van der Waals surface area contributed by atoms with Crippen molar-refractivity contribution >= 4 is 28.5 Å². The summed E-state index contributed by atoms with van der Waals surface area (Å²) in [5, 5.41) is 3.67. The molecule has 0 spiro atoms. The van der Waals surface area contributed by atoms with Gasteiger partial charge in [-0.2, -0.15) is 0 Å². The molecule has 5 heteroatoms. The van der Waals surface area contributed by atoms with E-state index in [4.69, 9.17) is 9.72 Å². The maximum Gasteiger partial charge on any atom is 0.339 e. The van der Waals surface area contributed by atoms with E-state index in [1.165, 1.54) is 0 Å². The zero-order chi connectivity index (χ0) is 23.8. The van der Waals surface area contributed by atoms with Crippen LogP contribution in [0.25, 0.3) is 10.9 Å². The van der Waals surface area contributed by atoms with Gasteiger partial charge in [0.25, 0.3) is 5.91 Å². The van der Waals surface area contributed by atoms with Gasteiger partial charge in [0.2, 0.25) is 0 Å². The Bertz CT molecular complexity index is 1200. The lowest BCUT2D eigenvalue weighted by Crippen LogP contribution is -2.29. The Morgan fingerprint density at radius 3 is 2.45 bits per heavy atom. The summed E-state index contributed by atoms with van der Waals surface area (Å²) in [6, 6.07) is 13.5. The van der Waals surface area contributed by atoms with Crippen molar-refractivity contribution < 1.29 is 14.3 Å². The number of nitrogens with zero attached hydrogens (tertiary/aromatic N) is 1. The Morgan fingerprint density at radius 2 is 1.76 bits per heavy atom. The summed E-state index contributed by atoms with van der Waals surface area (Å²) < 4.78 is 5.56. The van der Waals surface area contributed by atoms with Gasteiger partial charge in [-0.25, -0.2) is 4.79 Å². The topological polar surface area (TPSA) is 68.3 Å². The second kappa shape index (κ2) is 8.97. The van der Waals surface area contributed by atoms with Gasteiger partial charge in [0.1, 0.15) is 0 Å². The SMILES string of the molecule is Cc1cccc(C)c1NC(=O)COC(=O)c1c2c(nc3ccccc13)CCC(C(C)(C)C)C2. The van der Waals surface area contributed by atoms with Crippen molar-refractivity contribution in [2.75, 3.05) is 11.9 Å². The van der Waals surface area contributed by atoms with E-state index in [1.807, 2.05) is 56.3 Å². The van der Waals surface area contributed by atoms with Gasteiger partial charge in [-0.15, -0.1) is 0 Å². The molecule has 4 rings (SSSR count). The van der Waals surface area contributed by atoms with Gasteiger partial charge in [0, 0.05) is 16.8 Å². The van der Waals surface area contributed by atoms with Crippen LogP contribution in [-0.2, 0) is 22.4 Å². The smallest absolute Gasteiger partial charge is 0.339 e. The number of para-hydroxylation sites is 2. The van der Waals surface area contributed by atoms with Gasteiger partial charge in [-0.1, -0.05) is 57.2 Å². The van der Waals surface area contributed by atoms with Gasteiger partial charge in [-0.3, -0.25) is 9.78 Å². The number of anilines is 1. The second-order valence-corrected chi connectivity index (χ2v) is 10.1. The predicted octanol–water partition coefficient (Wildman–Crippen LogP) is 5.80. The fraction of sp³-hybridized carbons (Fsp3) is 0.393. The van der Waals surface area contributed by atoms with Crippen LogP contribution in [0.2, 0.25) is 0 Å². The number of carbonyl (C=O) groups excluding carboxylic acids is 2. The predicted molar refractivity (Wildman–Crippen MR) is 132 cm³/mol. The first-order chi connectivity index (χ1) is 15.6. The van der Waals surface area contributed by atoms with Crippen LogP contribution in [0.1, 0.15) is 59.9 Å². The van der Waals surface area contributed by atoms with Crippen molar-refractivity contribution in [3.8, 4) is 0 Å². The maximum absolute atomic E-state index is 13.3. The molecular weight excluding hydrogens is 412 g/mol. The minimum absolute atomic E-state index is 0.135. The molecule has 0 fully saturated rings. The Kier molecular flexibility index (Phi) is 6.24. The molecule has 1 N–H and O–H groups in total. The van der Waals surface area contributed by atoms with E-state index >= 15 is 0 Å². The van der Waals surface area contributed by atoms with Crippen molar-refractivity contribution in [2.45, 2.75) is 53.9 Å². The van der Waals surface area contributed by atoms with E-state index in [0.717, 1.165) is 58.2 Å². The lowest BCUT2D eigenvalue weighted by Gasteiger charge is -2.35. The summed E-state index contributed by atoms with van der Waals surface area (Å²) in [5.74, 6) is -0.358. The summed E-state index contributed by atoms with van der Waals surface area (Å²) in [6.07, 6.45) is 2.68. The van der Waals surface area contributed by atoms with Crippen LogP contribution >= 0.6 is 0 Å². The Morgan fingerprint density at radius 1 is 1.06 bits per heavy atom. The van der Waals surface area contributed by atoms with Gasteiger partial charge in [-0.05, 0) is 67.2 Å². The fourth-order valence-corrected chi connectivity index (χ4v) is 4.75. The summed E-state index contributed by atoms with van der Waals surface area (Å²) >= 11 is 0. The highest BCUT2D eigenvalue weighted by atomic mass is 16.5. The Balaban J connectivity index is 1.61. The number of amides is 1. The molecule has 0 saturated heterocycles. The number of pyridine rings is 1. The number of fused-ring (bicyclic) bond motifs is 2. The summed E-state index contributed by atoms with van der Waals surface area (Å²) in [6.45, 7) is 10.3. The number of ether oxygens (including phenoxy) is 1. The number of nitrogens with one attached hydrogen (secondary N) is 1. The Labute approximate surface area is 195 Å². The molecule has 1 amide bonds. The molecular formula is C28H32N2O3. The largest absolute Gasteiger partial charge is 0.452 e. The van der Waals surface area contributed by atoms with Crippen LogP contribution in [0.5, 0.6) is 0 Å². The second-order valence-electron chi connectivity index (χ2n) is 10.1. The summed E-state index contributed by atoms with van der Waals surface area (Å²) in [5.41, 5.74) is 6.13. The van der Waals surface area contributed by atoms with Crippen molar-refractivity contribution in [3.05, 3.63) is 70.4 Å². The number of esters is 1. The monoisotopic (exact) mass is 444 g/mol. The van der Waals surface area contributed by atoms with Crippen LogP contribution in [0.4, 0.5) is 5.69 Å². The molecule has 1 atom stereocenters. The quantitative estimate of drug-likeness (QED) is 0.517. The van der Waals surface area contributed by atoms with E-state index in [2.05, 4.69) is 26.1 Å². The third kappa shape index (κ3) is 4.77. The molecule has 33 heavy (non-hydrogen) atoms. The van der Waals surface area contributed by atoms with Crippen LogP contribution in [-0.4, -0.2) is 23.5 Å².